The molecule has 1 aromatic rings. The number of hydrogen-bond donors (Lipinski definition) is 4. The van der Waals surface area contributed by atoms with Gasteiger partial charge in [0.25, 0.3) is 0 Å². The third-order valence-corrected chi connectivity index (χ3v) is 6.31. The molecule has 1 saturated heterocycles. The van der Waals surface area contributed by atoms with Crippen LogP contribution in [-0.2, 0) is 6.42 Å². The number of hydrogen-bond acceptors (Lipinski definition) is 6. The van der Waals surface area contributed by atoms with Gasteiger partial charge in [0.05, 0.1) is 6.04 Å². The molecule has 1 fully saturated rings. The predicted octanol–water partition coefficient (Wildman–Crippen LogP) is 2.20. The van der Waals surface area contributed by atoms with Gasteiger partial charge in [0.15, 0.2) is 0 Å². The molecule has 4 N–H and O–H groups in total. The SMILES string of the molecule is CCc1ccc2c(c1)NC(C1=CC=C(N3CCNCC3)NC1)C=C2NCCCN(C)C. The lowest BCUT2D eigenvalue weighted by molar-refractivity contribution is 0.281. The molecule has 6 nitrogen and oxygen atoms in total. The molecular formula is C25H38N6. The van der Waals surface area contributed by atoms with Crippen LogP contribution in [-0.4, -0.2) is 75.8 Å². The lowest BCUT2D eigenvalue weighted by Crippen LogP contribution is -2.47. The Morgan fingerprint density at radius 2 is 2.00 bits per heavy atom. The first-order chi connectivity index (χ1) is 15.1. The van der Waals surface area contributed by atoms with Gasteiger partial charge in [-0.3, -0.25) is 0 Å². The summed E-state index contributed by atoms with van der Waals surface area (Å²) in [4.78, 5) is 4.68. The number of aryl methyl sites for hydroxylation is 1. The molecule has 1 atom stereocenters. The Morgan fingerprint density at radius 3 is 2.71 bits per heavy atom. The average molecular weight is 423 g/mol. The fraction of sp³-hybridized carbons (Fsp3) is 0.520. The molecule has 1 aromatic carbocycles. The molecule has 0 aliphatic carbocycles. The van der Waals surface area contributed by atoms with Gasteiger partial charge in [-0.15, -0.1) is 0 Å². The van der Waals surface area contributed by atoms with Gasteiger partial charge in [0.1, 0.15) is 5.82 Å². The van der Waals surface area contributed by atoms with E-state index in [9.17, 15) is 0 Å². The van der Waals surface area contributed by atoms with Crippen LogP contribution in [0.5, 0.6) is 0 Å². The van der Waals surface area contributed by atoms with E-state index in [1.165, 1.54) is 33.9 Å². The van der Waals surface area contributed by atoms with Crippen molar-refractivity contribution in [3.63, 3.8) is 0 Å². The Hall–Kier alpha value is -2.44. The van der Waals surface area contributed by atoms with E-state index in [0.717, 1.165) is 58.7 Å². The minimum atomic E-state index is 0.198. The van der Waals surface area contributed by atoms with E-state index in [2.05, 4.69) is 88.5 Å². The second kappa shape index (κ2) is 10.2. The number of dihydropyridines is 1. The molecule has 0 aromatic heterocycles. The van der Waals surface area contributed by atoms with Crippen LogP contribution in [0, 0.1) is 0 Å². The normalized spacial score (nSPS) is 20.8. The van der Waals surface area contributed by atoms with Gasteiger partial charge in [-0.25, -0.2) is 0 Å². The molecule has 4 rings (SSSR count). The van der Waals surface area contributed by atoms with Gasteiger partial charge in [0.2, 0.25) is 0 Å². The molecule has 3 heterocycles. The van der Waals surface area contributed by atoms with Gasteiger partial charge >= 0.3 is 0 Å². The summed E-state index contributed by atoms with van der Waals surface area (Å²) in [6.07, 6.45) is 9.10. The van der Waals surface area contributed by atoms with E-state index in [4.69, 9.17) is 0 Å². The first-order valence-corrected chi connectivity index (χ1v) is 11.7. The number of nitrogens with one attached hydrogen (secondary N) is 4. The van der Waals surface area contributed by atoms with Crippen molar-refractivity contribution >= 4 is 11.4 Å². The maximum atomic E-state index is 3.79. The van der Waals surface area contributed by atoms with Crippen molar-refractivity contribution in [1.29, 1.82) is 0 Å². The average Bonchev–Trinajstić information content (AvgIpc) is 2.81. The van der Waals surface area contributed by atoms with Crippen molar-refractivity contribution < 1.29 is 0 Å². The van der Waals surface area contributed by atoms with Crippen LogP contribution in [0.25, 0.3) is 5.70 Å². The molecule has 0 spiro atoms. The number of allylic oxidation sites excluding steroid dienone is 2. The van der Waals surface area contributed by atoms with Crippen molar-refractivity contribution in [3.05, 3.63) is 58.9 Å². The first kappa shape index (κ1) is 21.8. The zero-order chi connectivity index (χ0) is 21.6. The zero-order valence-corrected chi connectivity index (χ0v) is 19.3. The second-order valence-electron chi connectivity index (χ2n) is 8.90. The Bertz CT molecular complexity index is 848. The van der Waals surface area contributed by atoms with Gasteiger partial charge in [-0.2, -0.15) is 0 Å². The Morgan fingerprint density at radius 1 is 1.16 bits per heavy atom. The summed E-state index contributed by atoms with van der Waals surface area (Å²) >= 11 is 0. The molecule has 0 bridgehead atoms. The summed E-state index contributed by atoms with van der Waals surface area (Å²) in [5.74, 6) is 1.25. The third kappa shape index (κ3) is 5.43. The Labute approximate surface area is 187 Å². The number of benzene rings is 1. The van der Waals surface area contributed by atoms with Crippen LogP contribution >= 0.6 is 0 Å². The number of nitrogens with zero attached hydrogens (tertiary/aromatic N) is 2. The van der Waals surface area contributed by atoms with Crippen LogP contribution in [0.4, 0.5) is 5.69 Å². The molecule has 6 heteroatoms. The molecular weight excluding hydrogens is 384 g/mol. The van der Waals surface area contributed by atoms with Crippen molar-refractivity contribution in [2.24, 2.45) is 0 Å². The largest absolute Gasteiger partial charge is 0.385 e. The van der Waals surface area contributed by atoms with Crippen molar-refractivity contribution in [2.45, 2.75) is 25.8 Å². The maximum Gasteiger partial charge on any atom is 0.102 e. The third-order valence-electron chi connectivity index (χ3n) is 6.31. The first-order valence-electron chi connectivity index (χ1n) is 11.7. The summed E-state index contributed by atoms with van der Waals surface area (Å²) in [5, 5.41) is 14.6. The quantitative estimate of drug-likeness (QED) is 0.482. The van der Waals surface area contributed by atoms with Crippen molar-refractivity contribution in [2.75, 3.05) is 65.2 Å². The summed E-state index contributed by atoms with van der Waals surface area (Å²) in [5.41, 5.74) is 6.51. The van der Waals surface area contributed by atoms with Gasteiger partial charge in [-0.05, 0) is 62.8 Å². The topological polar surface area (TPSA) is 54.6 Å². The number of fused-ring (bicyclic) bond motifs is 1. The molecule has 3 aliphatic heterocycles. The highest BCUT2D eigenvalue weighted by Crippen LogP contribution is 2.32. The fourth-order valence-corrected chi connectivity index (χ4v) is 4.44. The summed E-state index contributed by atoms with van der Waals surface area (Å²) in [7, 11) is 4.26. The van der Waals surface area contributed by atoms with Crippen molar-refractivity contribution in [1.82, 2.24) is 25.8 Å². The minimum Gasteiger partial charge on any atom is -0.385 e. The Balaban J connectivity index is 1.52. The molecule has 0 saturated carbocycles. The van der Waals surface area contributed by atoms with Crippen LogP contribution in [0.3, 0.4) is 0 Å². The van der Waals surface area contributed by atoms with E-state index in [1.807, 2.05) is 0 Å². The lowest BCUT2D eigenvalue weighted by Gasteiger charge is -2.35. The van der Waals surface area contributed by atoms with E-state index in [1.54, 1.807) is 0 Å². The molecule has 168 valence electrons. The molecule has 0 radical (unpaired) electrons. The highest BCUT2D eigenvalue weighted by atomic mass is 15.3. The maximum absolute atomic E-state index is 3.79. The summed E-state index contributed by atoms with van der Waals surface area (Å²) in [6, 6.07) is 7.03. The zero-order valence-electron chi connectivity index (χ0n) is 19.3. The number of rotatable bonds is 8. The highest BCUT2D eigenvalue weighted by Gasteiger charge is 2.24. The van der Waals surface area contributed by atoms with Crippen LogP contribution < -0.4 is 21.3 Å². The second-order valence-corrected chi connectivity index (χ2v) is 8.90. The van der Waals surface area contributed by atoms with Crippen LogP contribution in [0.1, 0.15) is 24.5 Å². The monoisotopic (exact) mass is 422 g/mol. The van der Waals surface area contributed by atoms with E-state index < -0.39 is 0 Å². The van der Waals surface area contributed by atoms with Crippen LogP contribution in [0.2, 0.25) is 0 Å². The molecule has 3 aliphatic rings. The smallest absolute Gasteiger partial charge is 0.102 e. The van der Waals surface area contributed by atoms with Gasteiger partial charge < -0.3 is 31.1 Å². The molecule has 1 unspecified atom stereocenters. The lowest BCUT2D eigenvalue weighted by atomic mass is 9.94. The minimum absolute atomic E-state index is 0.198. The van der Waals surface area contributed by atoms with E-state index >= 15 is 0 Å². The van der Waals surface area contributed by atoms with E-state index in [-0.39, 0.29) is 6.04 Å². The van der Waals surface area contributed by atoms with Crippen molar-refractivity contribution in [3.8, 4) is 0 Å². The number of anilines is 1. The number of piperazine rings is 1. The predicted molar refractivity (Wildman–Crippen MR) is 131 cm³/mol. The molecule has 31 heavy (non-hydrogen) atoms. The summed E-state index contributed by atoms with van der Waals surface area (Å²) < 4.78 is 0. The van der Waals surface area contributed by atoms with E-state index in [0.29, 0.717) is 0 Å². The van der Waals surface area contributed by atoms with Gasteiger partial charge in [0, 0.05) is 56.2 Å². The van der Waals surface area contributed by atoms with Gasteiger partial charge in [-0.1, -0.05) is 25.1 Å². The summed E-state index contributed by atoms with van der Waals surface area (Å²) in [6.45, 7) is 9.42. The standard InChI is InChI=1S/C25H38N6/c1-4-19-6-8-21-23(27-10-5-13-30(2)3)17-22(29-24(21)16-19)20-7-9-25(28-18-20)31-14-11-26-12-15-31/h6-9,16-17,22,26-29H,4-5,10-15,18H2,1-3H3. The fourth-order valence-electron chi connectivity index (χ4n) is 4.44. The Kier molecular flexibility index (Phi) is 7.20. The van der Waals surface area contributed by atoms with Crippen LogP contribution in [0.15, 0.2) is 47.8 Å². The molecule has 0 amide bonds. The highest BCUT2D eigenvalue weighted by molar-refractivity contribution is 5.80.